The van der Waals surface area contributed by atoms with E-state index in [4.69, 9.17) is 0 Å². The van der Waals surface area contributed by atoms with E-state index < -0.39 is 0 Å². The molecule has 2 rings (SSSR count). The Labute approximate surface area is 83.8 Å². The van der Waals surface area contributed by atoms with Crippen molar-refractivity contribution in [3.05, 3.63) is 42.1 Å². The van der Waals surface area contributed by atoms with Gasteiger partial charge >= 0.3 is 0 Å². The van der Waals surface area contributed by atoms with Crippen molar-refractivity contribution < 1.29 is 4.79 Å². The lowest BCUT2D eigenvalue weighted by atomic mass is 10.1. The first-order chi connectivity index (χ1) is 6.70. The van der Waals surface area contributed by atoms with Crippen LogP contribution in [-0.2, 0) is 4.79 Å². The summed E-state index contributed by atoms with van der Waals surface area (Å²) >= 11 is 0. The van der Waals surface area contributed by atoms with Gasteiger partial charge in [-0.3, -0.25) is 9.69 Å². The van der Waals surface area contributed by atoms with Gasteiger partial charge in [-0.2, -0.15) is 0 Å². The van der Waals surface area contributed by atoms with E-state index in [1.807, 2.05) is 50.4 Å². The second-order valence-electron chi connectivity index (χ2n) is 3.64. The maximum atomic E-state index is 11.8. The highest BCUT2D eigenvalue weighted by molar-refractivity contribution is 6.01. The molecule has 0 aliphatic carbocycles. The topological polar surface area (TPSA) is 20.3 Å². The Bertz CT molecular complexity index is 381. The van der Waals surface area contributed by atoms with Crippen LogP contribution < -0.4 is 4.90 Å². The Hall–Kier alpha value is -1.57. The molecule has 0 aromatic heterocycles. The van der Waals surface area contributed by atoms with E-state index in [1.165, 1.54) is 0 Å². The van der Waals surface area contributed by atoms with Crippen LogP contribution in [0.15, 0.2) is 42.1 Å². The van der Waals surface area contributed by atoms with Crippen molar-refractivity contribution in [2.45, 2.75) is 13.8 Å². The summed E-state index contributed by atoms with van der Waals surface area (Å²) < 4.78 is 0. The second kappa shape index (κ2) is 3.29. The van der Waals surface area contributed by atoms with E-state index in [9.17, 15) is 4.79 Å². The Kier molecular flexibility index (Phi) is 2.12. The number of carbonyl (C=O) groups excluding carboxylic acids is 1. The summed E-state index contributed by atoms with van der Waals surface area (Å²) in [6.07, 6.45) is 1.92. The summed E-state index contributed by atoms with van der Waals surface area (Å²) in [5.74, 6) is 0.184. The lowest BCUT2D eigenvalue weighted by molar-refractivity contribution is -0.119. The molecule has 1 heterocycles. The lowest BCUT2D eigenvalue weighted by Crippen LogP contribution is -2.24. The fourth-order valence-corrected chi connectivity index (χ4v) is 1.57. The molecule has 0 saturated heterocycles. The minimum absolute atomic E-state index is 0.0233. The van der Waals surface area contributed by atoms with Gasteiger partial charge in [-0.15, -0.1) is 0 Å². The van der Waals surface area contributed by atoms with Gasteiger partial charge in [0, 0.05) is 11.9 Å². The molecule has 1 aromatic carbocycles. The van der Waals surface area contributed by atoms with Gasteiger partial charge in [0.25, 0.3) is 0 Å². The summed E-state index contributed by atoms with van der Waals surface area (Å²) in [6, 6.07) is 9.72. The molecule has 0 fully saturated rings. The van der Waals surface area contributed by atoms with E-state index in [0.29, 0.717) is 0 Å². The maximum absolute atomic E-state index is 11.8. The fourth-order valence-electron chi connectivity index (χ4n) is 1.57. The molecule has 0 N–H and O–H groups in total. The van der Waals surface area contributed by atoms with Gasteiger partial charge in [0.2, 0.25) is 5.91 Å². The Morgan fingerprint density at radius 1 is 1.21 bits per heavy atom. The molecule has 1 unspecified atom stereocenters. The van der Waals surface area contributed by atoms with E-state index in [1.54, 1.807) is 4.90 Å². The van der Waals surface area contributed by atoms with Crippen LogP contribution in [-0.4, -0.2) is 5.91 Å². The molecule has 1 aromatic rings. The zero-order valence-electron chi connectivity index (χ0n) is 8.40. The third-order valence-corrected chi connectivity index (χ3v) is 2.66. The lowest BCUT2D eigenvalue weighted by Gasteiger charge is -2.14. The van der Waals surface area contributed by atoms with Crippen LogP contribution in [0.3, 0.4) is 0 Å². The SMILES string of the molecule is CC1=CN(c2ccccc2)C(=O)C1C. The highest BCUT2D eigenvalue weighted by Gasteiger charge is 2.27. The van der Waals surface area contributed by atoms with Crippen molar-refractivity contribution in [2.75, 3.05) is 4.90 Å². The predicted molar refractivity (Wildman–Crippen MR) is 56.8 cm³/mol. The number of amides is 1. The van der Waals surface area contributed by atoms with Crippen LogP contribution in [0.25, 0.3) is 0 Å². The van der Waals surface area contributed by atoms with Gasteiger partial charge < -0.3 is 0 Å². The molecule has 14 heavy (non-hydrogen) atoms. The Balaban J connectivity index is 2.35. The highest BCUT2D eigenvalue weighted by Crippen LogP contribution is 2.27. The number of carbonyl (C=O) groups is 1. The van der Waals surface area contributed by atoms with Crippen LogP contribution in [0.5, 0.6) is 0 Å². The van der Waals surface area contributed by atoms with E-state index in [2.05, 4.69) is 0 Å². The number of hydrogen-bond donors (Lipinski definition) is 0. The van der Waals surface area contributed by atoms with Crippen molar-refractivity contribution in [1.29, 1.82) is 0 Å². The standard InChI is InChI=1S/C12H13NO/c1-9-8-13(12(14)10(9)2)11-6-4-3-5-7-11/h3-8,10H,1-2H3. The average Bonchev–Trinajstić information content (AvgIpc) is 2.47. The summed E-state index contributed by atoms with van der Waals surface area (Å²) in [5.41, 5.74) is 2.07. The smallest absolute Gasteiger partial charge is 0.238 e. The number of benzene rings is 1. The molecule has 0 saturated carbocycles. The fraction of sp³-hybridized carbons (Fsp3) is 0.250. The van der Waals surface area contributed by atoms with Gasteiger partial charge in [0.1, 0.15) is 0 Å². The molecule has 0 spiro atoms. The molecule has 1 amide bonds. The number of rotatable bonds is 1. The summed E-state index contributed by atoms with van der Waals surface area (Å²) in [5, 5.41) is 0. The molecule has 1 aliphatic rings. The summed E-state index contributed by atoms with van der Waals surface area (Å²) in [4.78, 5) is 13.5. The largest absolute Gasteiger partial charge is 0.287 e. The van der Waals surface area contributed by atoms with Crippen LogP contribution in [0.2, 0.25) is 0 Å². The van der Waals surface area contributed by atoms with E-state index >= 15 is 0 Å². The Morgan fingerprint density at radius 2 is 1.86 bits per heavy atom. The molecule has 0 bridgehead atoms. The number of para-hydroxylation sites is 1. The maximum Gasteiger partial charge on any atom is 0.238 e. The molecular formula is C12H13NO. The molecular weight excluding hydrogens is 174 g/mol. The predicted octanol–water partition coefficient (Wildman–Crippen LogP) is 2.57. The van der Waals surface area contributed by atoms with Crippen LogP contribution >= 0.6 is 0 Å². The monoisotopic (exact) mass is 187 g/mol. The van der Waals surface area contributed by atoms with Crippen molar-refractivity contribution in [1.82, 2.24) is 0 Å². The summed E-state index contributed by atoms with van der Waals surface area (Å²) in [7, 11) is 0. The minimum Gasteiger partial charge on any atom is -0.287 e. The quantitative estimate of drug-likeness (QED) is 0.661. The number of hydrogen-bond acceptors (Lipinski definition) is 1. The molecule has 0 radical (unpaired) electrons. The highest BCUT2D eigenvalue weighted by atomic mass is 16.2. The molecule has 1 aliphatic heterocycles. The first-order valence-corrected chi connectivity index (χ1v) is 4.76. The van der Waals surface area contributed by atoms with Gasteiger partial charge in [0.15, 0.2) is 0 Å². The molecule has 1 atom stereocenters. The summed E-state index contributed by atoms with van der Waals surface area (Å²) in [6.45, 7) is 3.93. The Morgan fingerprint density at radius 3 is 2.36 bits per heavy atom. The van der Waals surface area contributed by atoms with Gasteiger partial charge in [-0.05, 0) is 31.6 Å². The van der Waals surface area contributed by atoms with E-state index in [-0.39, 0.29) is 11.8 Å². The van der Waals surface area contributed by atoms with Crippen LogP contribution in [0.1, 0.15) is 13.8 Å². The zero-order chi connectivity index (χ0) is 10.1. The molecule has 72 valence electrons. The van der Waals surface area contributed by atoms with E-state index in [0.717, 1.165) is 11.3 Å². The van der Waals surface area contributed by atoms with Gasteiger partial charge in [-0.25, -0.2) is 0 Å². The van der Waals surface area contributed by atoms with Crippen molar-refractivity contribution in [3.63, 3.8) is 0 Å². The normalized spacial score (nSPS) is 21.3. The van der Waals surface area contributed by atoms with Crippen LogP contribution in [0, 0.1) is 5.92 Å². The minimum atomic E-state index is 0.0233. The first kappa shape index (κ1) is 9.00. The number of nitrogens with zero attached hydrogens (tertiary/aromatic N) is 1. The third kappa shape index (κ3) is 1.33. The molecule has 2 heteroatoms. The second-order valence-corrected chi connectivity index (χ2v) is 3.64. The molecule has 2 nitrogen and oxygen atoms in total. The third-order valence-electron chi connectivity index (χ3n) is 2.66. The zero-order valence-corrected chi connectivity index (χ0v) is 8.40. The number of anilines is 1. The van der Waals surface area contributed by atoms with Crippen molar-refractivity contribution in [3.8, 4) is 0 Å². The first-order valence-electron chi connectivity index (χ1n) is 4.76. The average molecular weight is 187 g/mol. The van der Waals surface area contributed by atoms with Gasteiger partial charge in [-0.1, -0.05) is 18.2 Å². The van der Waals surface area contributed by atoms with Crippen molar-refractivity contribution in [2.24, 2.45) is 5.92 Å². The van der Waals surface area contributed by atoms with Gasteiger partial charge in [0.05, 0.1) is 5.92 Å². The van der Waals surface area contributed by atoms with Crippen molar-refractivity contribution >= 4 is 11.6 Å². The van der Waals surface area contributed by atoms with Crippen LogP contribution in [0.4, 0.5) is 5.69 Å².